The van der Waals surface area contributed by atoms with E-state index in [9.17, 15) is 4.79 Å². The van der Waals surface area contributed by atoms with Gasteiger partial charge in [-0.05, 0) is 70.4 Å². The number of allylic oxidation sites excluding steroid dienone is 5. The molecule has 0 bridgehead atoms. The number of carbonyl (C=O) groups is 1. The highest BCUT2D eigenvalue weighted by Crippen LogP contribution is 2.18. The van der Waals surface area contributed by atoms with Crippen molar-refractivity contribution in [2.75, 3.05) is 13.1 Å². The van der Waals surface area contributed by atoms with Crippen LogP contribution >= 0.6 is 0 Å². The molecule has 4 nitrogen and oxygen atoms in total. The van der Waals surface area contributed by atoms with E-state index in [-0.39, 0.29) is 5.56 Å². The Labute approximate surface area is 216 Å². The van der Waals surface area contributed by atoms with Gasteiger partial charge in [-0.25, -0.2) is 4.79 Å². The van der Waals surface area contributed by atoms with Gasteiger partial charge in [0.25, 0.3) is 0 Å². The van der Waals surface area contributed by atoms with Crippen LogP contribution in [0.15, 0.2) is 73.0 Å². The summed E-state index contributed by atoms with van der Waals surface area (Å²) in [5.74, 6) is -0.945. The van der Waals surface area contributed by atoms with Crippen LogP contribution in [0.25, 0.3) is 5.57 Å². The summed E-state index contributed by atoms with van der Waals surface area (Å²) in [6.45, 7) is 30.4. The van der Waals surface area contributed by atoms with E-state index in [2.05, 4.69) is 75.9 Å². The zero-order chi connectivity index (χ0) is 27.8. The Kier molecular flexibility index (Phi) is 25.7. The third kappa shape index (κ3) is 16.5. The van der Waals surface area contributed by atoms with Crippen molar-refractivity contribution in [3.63, 3.8) is 0 Å². The van der Waals surface area contributed by atoms with Gasteiger partial charge in [0.1, 0.15) is 0 Å². The Hall–Kier alpha value is -2.72. The normalized spacial score (nSPS) is 11.9. The lowest BCUT2D eigenvalue weighted by molar-refractivity contribution is 0.0696. The van der Waals surface area contributed by atoms with E-state index in [1.54, 1.807) is 6.92 Å². The first-order chi connectivity index (χ1) is 16.7. The fraction of sp³-hybridized carbons (Fsp3) is 0.484. The van der Waals surface area contributed by atoms with Crippen molar-refractivity contribution in [3.05, 3.63) is 84.3 Å². The van der Waals surface area contributed by atoms with Crippen molar-refractivity contribution in [2.24, 2.45) is 0 Å². The summed E-state index contributed by atoms with van der Waals surface area (Å²) < 4.78 is 0. The minimum Gasteiger partial charge on any atom is -0.478 e. The van der Waals surface area contributed by atoms with Crippen molar-refractivity contribution < 1.29 is 9.90 Å². The number of rotatable bonds is 11. The lowest BCUT2D eigenvalue weighted by atomic mass is 10.0. The molecule has 1 heterocycles. The van der Waals surface area contributed by atoms with E-state index in [1.807, 2.05) is 39.8 Å². The summed E-state index contributed by atoms with van der Waals surface area (Å²) in [5.41, 5.74) is 4.45. The molecule has 1 N–H and O–H groups in total. The van der Waals surface area contributed by atoms with E-state index >= 15 is 0 Å². The van der Waals surface area contributed by atoms with Crippen LogP contribution in [-0.4, -0.2) is 40.1 Å². The number of carboxylic acid groups (broad SMARTS) is 1. The van der Waals surface area contributed by atoms with Crippen molar-refractivity contribution in [1.29, 1.82) is 0 Å². The Bertz CT molecular complexity index is 775. The predicted octanol–water partition coefficient (Wildman–Crippen LogP) is 9.00. The average Bonchev–Trinajstić information content (AvgIpc) is 2.89. The first kappa shape index (κ1) is 36.8. The molecule has 198 valence electrons. The maximum Gasteiger partial charge on any atom is 0.335 e. The number of carboxylic acids is 1. The molecule has 1 unspecified atom stereocenters. The molecule has 0 radical (unpaired) electrons. The van der Waals surface area contributed by atoms with Gasteiger partial charge in [0.15, 0.2) is 0 Å². The topological polar surface area (TPSA) is 53.4 Å². The van der Waals surface area contributed by atoms with Crippen LogP contribution in [0.4, 0.5) is 0 Å². The van der Waals surface area contributed by atoms with E-state index < -0.39 is 5.97 Å². The summed E-state index contributed by atoms with van der Waals surface area (Å²) in [5, 5.41) is 8.63. The van der Waals surface area contributed by atoms with Crippen molar-refractivity contribution in [3.8, 4) is 0 Å². The number of hydrogen-bond donors (Lipinski definition) is 1. The van der Waals surface area contributed by atoms with Crippen molar-refractivity contribution >= 4 is 11.5 Å². The summed E-state index contributed by atoms with van der Waals surface area (Å²) in [7, 11) is 0. The highest BCUT2D eigenvalue weighted by atomic mass is 16.4. The molecule has 0 aliphatic rings. The van der Waals surface area contributed by atoms with Crippen LogP contribution in [0.5, 0.6) is 0 Å². The molecule has 1 aromatic rings. The molecule has 0 amide bonds. The quantitative estimate of drug-likeness (QED) is 0.251. The lowest BCUT2D eigenvalue weighted by Crippen LogP contribution is -2.37. The predicted molar refractivity (Wildman–Crippen MR) is 157 cm³/mol. The van der Waals surface area contributed by atoms with Crippen LogP contribution in [0.1, 0.15) is 98.1 Å². The third-order valence-corrected chi connectivity index (χ3v) is 4.87. The fourth-order valence-electron chi connectivity index (χ4n) is 3.12. The van der Waals surface area contributed by atoms with E-state index in [1.165, 1.54) is 35.9 Å². The highest BCUT2D eigenvalue weighted by molar-refractivity contribution is 5.88. The smallest absolute Gasteiger partial charge is 0.335 e. The molecule has 35 heavy (non-hydrogen) atoms. The first-order valence-electron chi connectivity index (χ1n) is 12.9. The van der Waals surface area contributed by atoms with Gasteiger partial charge in [-0.3, -0.25) is 9.88 Å². The molecule has 0 saturated carbocycles. The Morgan fingerprint density at radius 1 is 1.14 bits per heavy atom. The van der Waals surface area contributed by atoms with Crippen LogP contribution in [0, 0.1) is 0 Å². The average molecular weight is 485 g/mol. The van der Waals surface area contributed by atoms with Gasteiger partial charge in [0.05, 0.1) is 11.3 Å². The number of pyridine rings is 1. The van der Waals surface area contributed by atoms with Gasteiger partial charge >= 0.3 is 5.97 Å². The van der Waals surface area contributed by atoms with Crippen LogP contribution in [0.2, 0.25) is 0 Å². The minimum atomic E-state index is -0.945. The number of hydrogen-bond acceptors (Lipinski definition) is 3. The molecule has 0 saturated heterocycles. The molecule has 1 atom stereocenters. The maximum atomic E-state index is 10.5. The van der Waals surface area contributed by atoms with Crippen LogP contribution in [0.3, 0.4) is 0 Å². The van der Waals surface area contributed by atoms with E-state index in [0.717, 1.165) is 25.1 Å². The zero-order valence-corrected chi connectivity index (χ0v) is 24.2. The number of nitrogens with zero attached hydrogens (tertiary/aromatic N) is 2. The standard InChI is InChI=1S/C18H31N.C9H9NO2.2C2H6/c1-7-12-13-17(10-4)18(11-5)19(14-8-2)15-16(6)9-3;1-6(2)8-5-7(9(11)12)3-4-10-8;2*1-2/h7,9-10,12-13,18H,1,8,11,14-15H2,2-6H3;3-5H,1H2,2H3,(H,11,12);2*1-2H3/b13-12-,16-9+,17-10+;;;. The Morgan fingerprint density at radius 2 is 1.74 bits per heavy atom. The molecular formula is C31H52N2O2. The molecule has 0 spiro atoms. The van der Waals surface area contributed by atoms with Gasteiger partial charge in [-0.1, -0.05) is 90.7 Å². The number of aromatic carboxylic acids is 1. The molecule has 1 rings (SSSR count). The summed E-state index contributed by atoms with van der Waals surface area (Å²) >= 11 is 0. The molecule has 0 fully saturated rings. The SMILES string of the molecule is C=C(C)c1cc(C(=O)O)ccn1.C=C/C=C\C(=C/C)C(CC)N(CCC)C/C(C)=C/C.CC.CC. The molecule has 1 aromatic heterocycles. The fourth-order valence-corrected chi connectivity index (χ4v) is 3.12. The third-order valence-electron chi connectivity index (χ3n) is 4.87. The van der Waals surface area contributed by atoms with Gasteiger partial charge < -0.3 is 5.11 Å². The Morgan fingerprint density at radius 3 is 2.14 bits per heavy atom. The minimum absolute atomic E-state index is 0.239. The number of aromatic nitrogens is 1. The lowest BCUT2D eigenvalue weighted by Gasteiger charge is -2.32. The summed E-state index contributed by atoms with van der Waals surface area (Å²) in [6, 6.07) is 3.45. The van der Waals surface area contributed by atoms with E-state index in [0.29, 0.717) is 11.7 Å². The van der Waals surface area contributed by atoms with Gasteiger partial charge in [0, 0.05) is 18.8 Å². The molecule has 0 aliphatic carbocycles. The highest BCUT2D eigenvalue weighted by Gasteiger charge is 2.18. The van der Waals surface area contributed by atoms with Crippen molar-refractivity contribution in [2.45, 2.75) is 88.1 Å². The largest absolute Gasteiger partial charge is 0.478 e. The molecule has 0 aliphatic heterocycles. The molecular weight excluding hydrogens is 432 g/mol. The second kappa shape index (κ2) is 24.4. The second-order valence-electron chi connectivity index (χ2n) is 7.43. The van der Waals surface area contributed by atoms with Gasteiger partial charge in [-0.2, -0.15) is 0 Å². The molecule has 0 aromatic carbocycles. The van der Waals surface area contributed by atoms with Crippen molar-refractivity contribution in [1.82, 2.24) is 9.88 Å². The van der Waals surface area contributed by atoms with Crippen LogP contribution < -0.4 is 0 Å². The first-order valence-corrected chi connectivity index (χ1v) is 12.9. The summed E-state index contributed by atoms with van der Waals surface area (Å²) in [4.78, 5) is 17.1. The van der Waals surface area contributed by atoms with Crippen LogP contribution in [-0.2, 0) is 0 Å². The monoisotopic (exact) mass is 484 g/mol. The zero-order valence-electron chi connectivity index (χ0n) is 24.2. The van der Waals surface area contributed by atoms with Gasteiger partial charge in [-0.15, -0.1) is 0 Å². The maximum absolute atomic E-state index is 10.5. The Balaban J connectivity index is -0.000000546. The van der Waals surface area contributed by atoms with E-state index in [4.69, 9.17) is 5.11 Å². The second-order valence-corrected chi connectivity index (χ2v) is 7.43. The molecule has 4 heteroatoms. The summed E-state index contributed by atoms with van der Waals surface area (Å²) in [6.07, 6.45) is 14.3. The van der Waals surface area contributed by atoms with Gasteiger partial charge in [0.2, 0.25) is 0 Å².